The van der Waals surface area contributed by atoms with E-state index in [0.717, 1.165) is 5.56 Å². The van der Waals surface area contributed by atoms with E-state index in [-0.39, 0.29) is 0 Å². The number of nitrogens with one attached hydrogen (secondary N) is 1. The van der Waals surface area contributed by atoms with Crippen LogP contribution >= 0.6 is 0 Å². The molecule has 0 aliphatic heterocycles. The van der Waals surface area contributed by atoms with Crippen molar-refractivity contribution in [3.63, 3.8) is 0 Å². The number of nitrogens with zero attached hydrogens (tertiary/aromatic N) is 1. The highest BCUT2D eigenvalue weighted by Crippen LogP contribution is 2.27. The van der Waals surface area contributed by atoms with Crippen LogP contribution in [0.5, 0.6) is 0 Å². The molecule has 17 heavy (non-hydrogen) atoms. The van der Waals surface area contributed by atoms with Crippen LogP contribution in [0.3, 0.4) is 0 Å². The summed E-state index contributed by atoms with van der Waals surface area (Å²) in [4.78, 5) is 0. The third-order valence-corrected chi connectivity index (χ3v) is 3.34. The van der Waals surface area contributed by atoms with Gasteiger partial charge in [-0.25, -0.2) is 0 Å². The van der Waals surface area contributed by atoms with Crippen molar-refractivity contribution in [1.82, 2.24) is 9.88 Å². The quantitative estimate of drug-likeness (QED) is 0.771. The summed E-state index contributed by atoms with van der Waals surface area (Å²) in [5.41, 5.74) is 2.29. The van der Waals surface area contributed by atoms with Gasteiger partial charge in [0.25, 0.3) is 0 Å². The molecule has 96 valence electrons. The molecule has 1 fully saturated rings. The van der Waals surface area contributed by atoms with E-state index in [0.29, 0.717) is 18.0 Å². The Morgan fingerprint density at radius 3 is 2.35 bits per heavy atom. The summed E-state index contributed by atoms with van der Waals surface area (Å²) in [6.07, 6.45) is 3.96. The van der Waals surface area contributed by atoms with Crippen molar-refractivity contribution in [2.24, 2.45) is 0 Å². The number of aromatic nitrogens is 1. The third-order valence-electron chi connectivity index (χ3n) is 3.34. The molecule has 0 spiro atoms. The normalized spacial score (nSPS) is 18.1. The molecule has 3 heteroatoms. The Hall–Kier alpha value is -0.800. The lowest BCUT2D eigenvalue weighted by Gasteiger charge is -2.15. The van der Waals surface area contributed by atoms with Gasteiger partial charge in [-0.1, -0.05) is 13.8 Å². The fourth-order valence-corrected chi connectivity index (χ4v) is 2.15. The highest BCUT2D eigenvalue weighted by atomic mass is 16.3. The van der Waals surface area contributed by atoms with Crippen LogP contribution in [-0.4, -0.2) is 15.7 Å². The van der Waals surface area contributed by atoms with E-state index >= 15 is 0 Å². The molecule has 0 amide bonds. The Morgan fingerprint density at radius 1 is 1.29 bits per heavy atom. The molecule has 0 aromatic carbocycles. The maximum atomic E-state index is 10.1. The number of aliphatic hydroxyl groups is 1. The van der Waals surface area contributed by atoms with E-state index in [1.807, 2.05) is 0 Å². The Labute approximate surface area is 104 Å². The first-order valence-electron chi connectivity index (χ1n) is 6.64. The molecule has 1 heterocycles. The third kappa shape index (κ3) is 2.90. The van der Waals surface area contributed by atoms with Gasteiger partial charge in [0.2, 0.25) is 0 Å². The van der Waals surface area contributed by atoms with Crippen LogP contribution < -0.4 is 5.32 Å². The Balaban J connectivity index is 2.19. The van der Waals surface area contributed by atoms with Gasteiger partial charge in [0.05, 0.1) is 0 Å². The van der Waals surface area contributed by atoms with E-state index in [9.17, 15) is 5.11 Å². The Morgan fingerprint density at radius 2 is 1.94 bits per heavy atom. The average Bonchev–Trinajstić information content (AvgIpc) is 2.93. The smallest absolute Gasteiger partial charge is 0.132 e. The summed E-state index contributed by atoms with van der Waals surface area (Å²) in [6, 6.07) is 3.09. The molecular formula is C14H24N2O. The van der Waals surface area contributed by atoms with Gasteiger partial charge in [0.1, 0.15) is 6.23 Å². The summed E-state index contributed by atoms with van der Waals surface area (Å²) in [5.74, 6) is 0.485. The topological polar surface area (TPSA) is 37.2 Å². The number of hydrogen-bond donors (Lipinski definition) is 2. The van der Waals surface area contributed by atoms with Crippen LogP contribution in [0.25, 0.3) is 0 Å². The molecule has 1 saturated carbocycles. The van der Waals surface area contributed by atoms with Gasteiger partial charge < -0.3 is 9.67 Å². The van der Waals surface area contributed by atoms with Crippen LogP contribution in [-0.2, 0) is 0 Å². The molecule has 0 radical (unpaired) electrons. The van der Waals surface area contributed by atoms with Crippen molar-refractivity contribution in [2.75, 3.05) is 0 Å². The fourth-order valence-electron chi connectivity index (χ4n) is 2.15. The van der Waals surface area contributed by atoms with Crippen LogP contribution in [0.1, 0.15) is 70.0 Å². The minimum Gasteiger partial charge on any atom is -0.374 e. The van der Waals surface area contributed by atoms with E-state index in [1.165, 1.54) is 18.5 Å². The highest BCUT2D eigenvalue weighted by molar-refractivity contribution is 5.24. The van der Waals surface area contributed by atoms with Gasteiger partial charge in [0, 0.05) is 29.5 Å². The number of hydrogen-bond acceptors (Lipinski definition) is 2. The summed E-state index contributed by atoms with van der Waals surface area (Å²) in [6.45, 7) is 8.74. The zero-order valence-corrected chi connectivity index (χ0v) is 11.3. The van der Waals surface area contributed by atoms with Crippen molar-refractivity contribution in [3.05, 3.63) is 23.5 Å². The van der Waals surface area contributed by atoms with Crippen molar-refractivity contribution >= 4 is 0 Å². The first-order chi connectivity index (χ1) is 7.99. The van der Waals surface area contributed by atoms with E-state index < -0.39 is 6.23 Å². The lowest BCUT2D eigenvalue weighted by Crippen LogP contribution is -2.22. The van der Waals surface area contributed by atoms with Crippen LogP contribution in [0.2, 0.25) is 0 Å². The minimum atomic E-state index is -0.514. The predicted molar refractivity (Wildman–Crippen MR) is 70.0 cm³/mol. The molecule has 1 aliphatic carbocycles. The molecule has 1 aromatic rings. The zero-order chi connectivity index (χ0) is 12.6. The molecule has 1 atom stereocenters. The second kappa shape index (κ2) is 4.83. The first-order valence-corrected chi connectivity index (χ1v) is 6.64. The van der Waals surface area contributed by atoms with Crippen molar-refractivity contribution in [1.29, 1.82) is 0 Å². The predicted octanol–water partition coefficient (Wildman–Crippen LogP) is 2.94. The van der Waals surface area contributed by atoms with Crippen molar-refractivity contribution < 1.29 is 5.11 Å². The lowest BCUT2D eigenvalue weighted by molar-refractivity contribution is 0.137. The molecular weight excluding hydrogens is 212 g/mol. The summed E-state index contributed by atoms with van der Waals surface area (Å²) < 4.78 is 2.26. The number of aliphatic hydroxyl groups excluding tert-OH is 1. The van der Waals surface area contributed by atoms with Gasteiger partial charge in [0.15, 0.2) is 0 Å². The molecule has 3 nitrogen and oxygen atoms in total. The average molecular weight is 236 g/mol. The Kier molecular flexibility index (Phi) is 3.59. The molecule has 1 aromatic heterocycles. The maximum Gasteiger partial charge on any atom is 0.132 e. The largest absolute Gasteiger partial charge is 0.374 e. The van der Waals surface area contributed by atoms with Gasteiger partial charge in [-0.05, 0) is 38.7 Å². The van der Waals surface area contributed by atoms with Crippen LogP contribution in [0.4, 0.5) is 0 Å². The maximum absolute atomic E-state index is 10.1. The zero-order valence-electron chi connectivity index (χ0n) is 11.3. The van der Waals surface area contributed by atoms with Gasteiger partial charge >= 0.3 is 0 Å². The molecule has 2 N–H and O–H groups in total. The minimum absolute atomic E-state index is 0.439. The summed E-state index contributed by atoms with van der Waals surface area (Å²) in [5, 5.41) is 13.3. The molecule has 1 unspecified atom stereocenters. The molecule has 0 saturated heterocycles. The lowest BCUT2D eigenvalue weighted by atomic mass is 10.1. The number of rotatable bonds is 5. The summed E-state index contributed by atoms with van der Waals surface area (Å²) >= 11 is 0. The van der Waals surface area contributed by atoms with Crippen LogP contribution in [0.15, 0.2) is 12.3 Å². The van der Waals surface area contributed by atoms with Gasteiger partial charge in [-0.2, -0.15) is 0 Å². The Bertz CT molecular complexity index is 352. The molecule has 2 rings (SSSR count). The van der Waals surface area contributed by atoms with E-state index in [2.05, 4.69) is 49.8 Å². The van der Waals surface area contributed by atoms with Crippen molar-refractivity contribution in [2.45, 2.75) is 64.8 Å². The standard InChI is InChI=1S/C14H24N2O/c1-9(2)13-7-11(8-16(13)10(3)4)14(17)15-12-5-6-12/h7-10,12,14-15,17H,5-6H2,1-4H3. The second-order valence-electron chi connectivity index (χ2n) is 5.70. The summed E-state index contributed by atoms with van der Waals surface area (Å²) in [7, 11) is 0. The highest BCUT2D eigenvalue weighted by Gasteiger charge is 2.25. The van der Waals surface area contributed by atoms with Gasteiger partial charge in [-0.3, -0.25) is 5.32 Å². The van der Waals surface area contributed by atoms with Gasteiger partial charge in [-0.15, -0.1) is 0 Å². The van der Waals surface area contributed by atoms with Crippen LogP contribution in [0, 0.1) is 0 Å². The first kappa shape index (κ1) is 12.7. The van der Waals surface area contributed by atoms with Crippen molar-refractivity contribution in [3.8, 4) is 0 Å². The van der Waals surface area contributed by atoms with E-state index in [4.69, 9.17) is 0 Å². The van der Waals surface area contributed by atoms with E-state index in [1.54, 1.807) is 0 Å². The SMILES string of the molecule is CC(C)c1cc(C(O)NC2CC2)cn1C(C)C. The monoisotopic (exact) mass is 236 g/mol. The molecule has 0 bridgehead atoms. The molecule has 1 aliphatic rings. The second-order valence-corrected chi connectivity index (χ2v) is 5.70. The fraction of sp³-hybridized carbons (Fsp3) is 0.714.